The number of aliphatic hydroxyl groups is 1. The van der Waals surface area contributed by atoms with Gasteiger partial charge in [0.05, 0.1) is 17.1 Å². The van der Waals surface area contributed by atoms with E-state index in [0.717, 1.165) is 11.8 Å². The lowest BCUT2D eigenvalue weighted by Gasteiger charge is -2.09. The average molecular weight is 463 g/mol. The first kappa shape index (κ1) is 25.0. The van der Waals surface area contributed by atoms with Crippen LogP contribution >= 0.6 is 0 Å². The molecule has 0 aliphatic rings. The highest BCUT2D eigenvalue weighted by Gasteiger charge is 2.19. The van der Waals surface area contributed by atoms with Crippen LogP contribution in [0.25, 0.3) is 0 Å². The maximum Gasteiger partial charge on any atom is 0.269 e. The van der Waals surface area contributed by atoms with Crippen molar-refractivity contribution in [3.8, 4) is 0 Å². The van der Waals surface area contributed by atoms with E-state index in [0.29, 0.717) is 13.0 Å². The van der Waals surface area contributed by atoms with Gasteiger partial charge in [0.15, 0.2) is 0 Å². The first-order chi connectivity index (χ1) is 15.1. The second kappa shape index (κ2) is 11.3. The molecule has 0 unspecified atom stereocenters. The maximum atomic E-state index is 12.5. The lowest BCUT2D eigenvalue weighted by atomic mass is 10.1. The fraction of sp³-hybridized carbons (Fsp3) is 0.333. The molecule has 1 aromatic heterocycles. The minimum atomic E-state index is -4.11. The van der Waals surface area contributed by atoms with E-state index in [4.69, 9.17) is 5.11 Å². The highest BCUT2D eigenvalue weighted by molar-refractivity contribution is 7.90. The number of aromatic nitrogens is 1. The Labute approximate surface area is 186 Å². The van der Waals surface area contributed by atoms with E-state index in [2.05, 4.69) is 15.6 Å². The molecule has 0 aliphatic carbocycles. The highest BCUT2D eigenvalue weighted by Crippen LogP contribution is 2.12. The second-order valence-electron chi connectivity index (χ2n) is 7.19. The van der Waals surface area contributed by atoms with Crippen LogP contribution in [0.4, 0.5) is 0 Å². The van der Waals surface area contributed by atoms with Crippen molar-refractivity contribution in [3.05, 3.63) is 59.4 Å². The number of pyridine rings is 1. The summed E-state index contributed by atoms with van der Waals surface area (Å²) in [6, 6.07) is 8.54. The Kier molecular flexibility index (Phi) is 8.85. The summed E-state index contributed by atoms with van der Waals surface area (Å²) >= 11 is 0. The summed E-state index contributed by atoms with van der Waals surface area (Å²) in [6.07, 6.45) is 1.63. The third kappa shape index (κ3) is 7.13. The third-order valence-corrected chi connectivity index (χ3v) is 5.70. The van der Waals surface area contributed by atoms with Crippen molar-refractivity contribution in [1.29, 1.82) is 0 Å². The molecular weight excluding hydrogens is 436 g/mol. The standard InChI is InChI=1S/C21H26N4O6S/c1-14(2)19(27)22-10-9-15-3-6-17(7-4-15)32(30,31)25-20(28)16-5-8-18(24-13-16)21(29)23-11-12-26/h3-8,13-14,26H,9-12H2,1-2H3,(H,22,27)(H,23,29)(H,25,28). The van der Waals surface area contributed by atoms with Crippen molar-refractivity contribution < 1.29 is 27.9 Å². The minimum absolute atomic E-state index is 0.0260. The predicted octanol–water partition coefficient (Wildman–Crippen LogP) is 0.237. The van der Waals surface area contributed by atoms with Crippen LogP contribution in [0.15, 0.2) is 47.5 Å². The normalized spacial score (nSPS) is 11.1. The Balaban J connectivity index is 1.97. The van der Waals surface area contributed by atoms with Gasteiger partial charge in [0.1, 0.15) is 5.69 Å². The molecule has 2 aromatic rings. The van der Waals surface area contributed by atoms with E-state index in [-0.39, 0.29) is 41.1 Å². The molecule has 1 aromatic carbocycles. The van der Waals surface area contributed by atoms with Crippen LogP contribution in [0.5, 0.6) is 0 Å². The lowest BCUT2D eigenvalue weighted by Crippen LogP contribution is -2.31. The fourth-order valence-corrected chi connectivity index (χ4v) is 3.51. The Morgan fingerprint density at radius 3 is 2.22 bits per heavy atom. The Morgan fingerprint density at radius 2 is 1.66 bits per heavy atom. The number of sulfonamides is 1. The summed E-state index contributed by atoms with van der Waals surface area (Å²) in [7, 11) is -4.11. The van der Waals surface area contributed by atoms with E-state index < -0.39 is 21.8 Å². The van der Waals surface area contributed by atoms with Crippen molar-refractivity contribution in [2.45, 2.75) is 25.2 Å². The zero-order valence-electron chi connectivity index (χ0n) is 17.8. The molecule has 0 atom stereocenters. The molecule has 172 valence electrons. The number of amides is 3. The van der Waals surface area contributed by atoms with E-state index in [1.807, 2.05) is 4.72 Å². The van der Waals surface area contributed by atoms with E-state index in [1.54, 1.807) is 26.0 Å². The van der Waals surface area contributed by atoms with Crippen LogP contribution in [0.3, 0.4) is 0 Å². The summed E-state index contributed by atoms with van der Waals surface area (Å²) in [4.78, 5) is 39.4. The van der Waals surface area contributed by atoms with Gasteiger partial charge in [-0.15, -0.1) is 0 Å². The molecule has 11 heteroatoms. The van der Waals surface area contributed by atoms with Crippen LogP contribution in [0, 0.1) is 5.92 Å². The summed E-state index contributed by atoms with van der Waals surface area (Å²) in [6.45, 7) is 3.86. The van der Waals surface area contributed by atoms with Gasteiger partial charge in [-0.05, 0) is 36.2 Å². The van der Waals surface area contributed by atoms with Crippen molar-refractivity contribution >= 4 is 27.7 Å². The highest BCUT2D eigenvalue weighted by atomic mass is 32.2. The molecule has 1 heterocycles. The molecule has 0 fully saturated rings. The summed E-state index contributed by atoms with van der Waals surface area (Å²) in [5.41, 5.74) is 0.821. The first-order valence-electron chi connectivity index (χ1n) is 9.93. The van der Waals surface area contributed by atoms with Gasteiger partial charge in [0.2, 0.25) is 5.91 Å². The number of carbonyl (C=O) groups is 3. The summed E-state index contributed by atoms with van der Waals surface area (Å²) in [5, 5.41) is 13.9. The number of carbonyl (C=O) groups excluding carboxylic acids is 3. The molecule has 0 spiro atoms. The van der Waals surface area contributed by atoms with Crippen LogP contribution in [0.1, 0.15) is 40.3 Å². The Morgan fingerprint density at radius 1 is 0.969 bits per heavy atom. The molecule has 32 heavy (non-hydrogen) atoms. The molecule has 4 N–H and O–H groups in total. The number of nitrogens with zero attached hydrogens (tertiary/aromatic N) is 1. The second-order valence-corrected chi connectivity index (χ2v) is 8.87. The van der Waals surface area contributed by atoms with Gasteiger partial charge < -0.3 is 15.7 Å². The van der Waals surface area contributed by atoms with Crippen LogP contribution in [0.2, 0.25) is 0 Å². The van der Waals surface area contributed by atoms with Crippen molar-refractivity contribution in [2.24, 2.45) is 5.92 Å². The monoisotopic (exact) mass is 462 g/mol. The molecular formula is C21H26N4O6S. The van der Waals surface area contributed by atoms with E-state index in [9.17, 15) is 22.8 Å². The largest absolute Gasteiger partial charge is 0.395 e. The van der Waals surface area contributed by atoms with Crippen molar-refractivity contribution in [2.75, 3.05) is 19.7 Å². The third-order valence-electron chi connectivity index (χ3n) is 4.35. The van der Waals surface area contributed by atoms with E-state index >= 15 is 0 Å². The molecule has 3 amide bonds. The fourth-order valence-electron chi connectivity index (χ4n) is 2.53. The summed E-state index contributed by atoms with van der Waals surface area (Å²) < 4.78 is 27.0. The number of hydrogen-bond donors (Lipinski definition) is 4. The number of aliphatic hydroxyl groups excluding tert-OH is 1. The van der Waals surface area contributed by atoms with Gasteiger partial charge in [0, 0.05) is 25.2 Å². The molecule has 0 radical (unpaired) electrons. The topological polar surface area (TPSA) is 155 Å². The predicted molar refractivity (Wildman–Crippen MR) is 116 cm³/mol. The van der Waals surface area contributed by atoms with E-state index in [1.165, 1.54) is 24.3 Å². The first-order valence-corrected chi connectivity index (χ1v) is 11.4. The van der Waals surface area contributed by atoms with Gasteiger partial charge in [-0.3, -0.25) is 19.4 Å². The zero-order valence-corrected chi connectivity index (χ0v) is 18.6. The quantitative estimate of drug-likeness (QED) is 0.394. The molecule has 10 nitrogen and oxygen atoms in total. The lowest BCUT2D eigenvalue weighted by molar-refractivity contribution is -0.123. The molecule has 2 rings (SSSR count). The zero-order chi connectivity index (χ0) is 23.7. The van der Waals surface area contributed by atoms with Crippen molar-refractivity contribution in [3.63, 3.8) is 0 Å². The number of rotatable bonds is 10. The molecule has 0 bridgehead atoms. The summed E-state index contributed by atoms with van der Waals surface area (Å²) in [5.74, 6) is -1.58. The number of benzene rings is 1. The minimum Gasteiger partial charge on any atom is -0.395 e. The molecule has 0 saturated carbocycles. The van der Waals surface area contributed by atoms with Gasteiger partial charge in [-0.1, -0.05) is 26.0 Å². The smallest absolute Gasteiger partial charge is 0.269 e. The Bertz CT molecular complexity index is 1050. The molecule has 0 aliphatic heterocycles. The van der Waals surface area contributed by atoms with Gasteiger partial charge >= 0.3 is 0 Å². The average Bonchev–Trinajstić information content (AvgIpc) is 2.77. The van der Waals surface area contributed by atoms with Crippen LogP contribution in [-0.2, 0) is 21.2 Å². The maximum absolute atomic E-state index is 12.5. The van der Waals surface area contributed by atoms with Crippen LogP contribution < -0.4 is 15.4 Å². The number of hydrogen-bond acceptors (Lipinski definition) is 7. The van der Waals surface area contributed by atoms with Gasteiger partial charge in [-0.2, -0.15) is 0 Å². The van der Waals surface area contributed by atoms with Gasteiger partial charge in [0.25, 0.3) is 21.8 Å². The van der Waals surface area contributed by atoms with Gasteiger partial charge in [-0.25, -0.2) is 13.1 Å². The SMILES string of the molecule is CC(C)C(=O)NCCc1ccc(S(=O)(=O)NC(=O)c2ccc(C(=O)NCCO)nc2)cc1. The number of nitrogens with one attached hydrogen (secondary N) is 3. The van der Waals surface area contributed by atoms with Crippen molar-refractivity contribution in [1.82, 2.24) is 20.3 Å². The van der Waals surface area contributed by atoms with Crippen LogP contribution in [-0.4, -0.2) is 55.9 Å². The molecule has 0 saturated heterocycles. The Hall–Kier alpha value is -3.31.